The number of carbonyl (C=O) groups is 3. The summed E-state index contributed by atoms with van der Waals surface area (Å²) in [4.78, 5) is 59.3. The van der Waals surface area contributed by atoms with Gasteiger partial charge in [0, 0.05) is 49.3 Å². The number of para-hydroxylation sites is 1. The van der Waals surface area contributed by atoms with E-state index in [1.807, 2.05) is 24.3 Å². The number of hydrogen-bond acceptors (Lipinski definition) is 10. The quantitative estimate of drug-likeness (QED) is 0.131. The summed E-state index contributed by atoms with van der Waals surface area (Å²) >= 11 is 0. The Bertz CT molecular complexity index is 2430. The van der Waals surface area contributed by atoms with Gasteiger partial charge in [0.1, 0.15) is 12.2 Å². The predicted molar refractivity (Wildman–Crippen MR) is 207 cm³/mol. The molecule has 7 rings (SSSR count). The van der Waals surface area contributed by atoms with Crippen LogP contribution in [0.5, 0.6) is 11.5 Å². The van der Waals surface area contributed by atoms with Gasteiger partial charge in [-0.2, -0.15) is 0 Å². The van der Waals surface area contributed by atoms with E-state index in [9.17, 15) is 19.2 Å². The number of nitrogens with one attached hydrogen (secondary N) is 2. The Morgan fingerprint density at radius 2 is 1.60 bits per heavy atom. The molecule has 0 saturated heterocycles. The van der Waals surface area contributed by atoms with Crippen molar-refractivity contribution in [3.63, 3.8) is 0 Å². The highest BCUT2D eigenvalue weighted by molar-refractivity contribution is 6.13. The highest BCUT2D eigenvalue weighted by Crippen LogP contribution is 2.33. The van der Waals surface area contributed by atoms with Gasteiger partial charge in [0.25, 0.3) is 11.8 Å². The lowest BCUT2D eigenvalue weighted by Gasteiger charge is -2.29. The molecular formula is C43H38N4O8. The van der Waals surface area contributed by atoms with E-state index in [1.165, 1.54) is 29.3 Å². The fourth-order valence-electron chi connectivity index (χ4n) is 6.46. The average Bonchev–Trinajstić information content (AvgIpc) is 3.22. The molecule has 4 aromatic carbocycles. The summed E-state index contributed by atoms with van der Waals surface area (Å²) in [5.74, 6) is -0.774. The van der Waals surface area contributed by atoms with E-state index in [4.69, 9.17) is 18.6 Å². The summed E-state index contributed by atoms with van der Waals surface area (Å²) in [7, 11) is 3.29. The van der Waals surface area contributed by atoms with Crippen molar-refractivity contribution in [1.82, 2.24) is 9.88 Å². The van der Waals surface area contributed by atoms with Gasteiger partial charge in [-0.3, -0.25) is 24.3 Å². The topological polar surface area (TPSA) is 149 Å². The molecule has 2 aromatic heterocycles. The van der Waals surface area contributed by atoms with Gasteiger partial charge in [0.05, 0.1) is 36.4 Å². The third-order valence-corrected chi connectivity index (χ3v) is 9.42. The van der Waals surface area contributed by atoms with Crippen molar-refractivity contribution >= 4 is 40.1 Å². The first kappa shape index (κ1) is 36.6. The first-order valence-corrected chi connectivity index (χ1v) is 17.7. The van der Waals surface area contributed by atoms with Crippen molar-refractivity contribution in [3.05, 3.63) is 159 Å². The van der Waals surface area contributed by atoms with Gasteiger partial charge in [-0.05, 0) is 90.2 Å². The van der Waals surface area contributed by atoms with Crippen LogP contribution in [-0.2, 0) is 30.7 Å². The third kappa shape index (κ3) is 8.55. The monoisotopic (exact) mass is 738 g/mol. The van der Waals surface area contributed by atoms with Crippen LogP contribution >= 0.6 is 0 Å². The van der Waals surface area contributed by atoms with Crippen LogP contribution in [0.4, 0.5) is 11.4 Å². The first-order chi connectivity index (χ1) is 26.8. The van der Waals surface area contributed by atoms with Crippen LogP contribution in [-0.4, -0.2) is 55.0 Å². The lowest BCUT2D eigenvalue weighted by molar-refractivity contribution is 0.0472. The minimum Gasteiger partial charge on any atom is -0.493 e. The van der Waals surface area contributed by atoms with E-state index in [0.717, 1.165) is 55.6 Å². The maximum absolute atomic E-state index is 13.7. The summed E-state index contributed by atoms with van der Waals surface area (Å²) in [5.41, 5.74) is 4.86. The molecule has 2 amide bonds. The van der Waals surface area contributed by atoms with Gasteiger partial charge < -0.3 is 29.3 Å². The lowest BCUT2D eigenvalue weighted by Crippen LogP contribution is -2.32. The Balaban J connectivity index is 1.05. The highest BCUT2D eigenvalue weighted by atomic mass is 16.5. The molecule has 0 atom stereocenters. The van der Waals surface area contributed by atoms with Gasteiger partial charge in [-0.15, -0.1) is 0 Å². The lowest BCUT2D eigenvalue weighted by atomic mass is 9.98. The van der Waals surface area contributed by atoms with E-state index in [0.29, 0.717) is 16.6 Å². The summed E-state index contributed by atoms with van der Waals surface area (Å²) in [5, 5.41) is 5.87. The number of hydrogen-bond donors (Lipinski definition) is 2. The van der Waals surface area contributed by atoms with Crippen molar-refractivity contribution in [3.8, 4) is 11.5 Å². The predicted octanol–water partition coefficient (Wildman–Crippen LogP) is 6.67. The van der Waals surface area contributed by atoms with Crippen molar-refractivity contribution in [2.24, 2.45) is 0 Å². The van der Waals surface area contributed by atoms with Crippen LogP contribution in [0.1, 0.15) is 53.5 Å². The zero-order valence-corrected chi connectivity index (χ0v) is 30.3. The number of fused-ring (bicyclic) bond motifs is 2. The maximum atomic E-state index is 13.7. The highest BCUT2D eigenvalue weighted by Gasteiger charge is 2.22. The number of anilines is 2. The number of benzene rings is 4. The zero-order valence-electron chi connectivity index (χ0n) is 30.3. The largest absolute Gasteiger partial charge is 0.493 e. The van der Waals surface area contributed by atoms with E-state index < -0.39 is 23.2 Å². The molecule has 6 aromatic rings. The van der Waals surface area contributed by atoms with Crippen LogP contribution in [0.25, 0.3) is 11.0 Å². The minimum absolute atomic E-state index is 0.0184. The van der Waals surface area contributed by atoms with Gasteiger partial charge in [0.2, 0.25) is 0 Å². The molecule has 0 aliphatic carbocycles. The molecule has 1 aliphatic heterocycles. The van der Waals surface area contributed by atoms with Crippen molar-refractivity contribution in [2.45, 2.75) is 26.0 Å². The zero-order chi connectivity index (χ0) is 38.3. The SMILES string of the molecule is COc1cc2c(cc1OC)CN(CCc1ccc(NC(=O)c3ccc(C(=O)OCc4cccnc4)cc3NC(=O)c3cc(=O)c4ccccc4o3)cc1)CC2. The molecule has 0 saturated carbocycles. The number of esters is 1. The second-order valence-corrected chi connectivity index (χ2v) is 13.0. The third-order valence-electron chi connectivity index (χ3n) is 9.42. The number of amides is 2. The summed E-state index contributed by atoms with van der Waals surface area (Å²) in [6.45, 7) is 2.59. The average molecular weight is 739 g/mol. The second kappa shape index (κ2) is 16.5. The standard InChI is InChI=1S/C43H38N4O8/c1-52-38-21-29-16-19-47(25-31(29)22-39(38)53-2)18-15-27-9-12-32(13-10-27)45-41(49)33-14-11-30(43(51)54-26-28-6-5-17-44-24-28)20-35(33)46-42(50)40-23-36(48)34-7-3-4-8-37(34)55-40/h3-14,17,20-24H,15-16,18-19,25-26H2,1-2H3,(H,45,49)(H,46,50). The Kier molecular flexibility index (Phi) is 11.0. The number of pyridine rings is 1. The van der Waals surface area contributed by atoms with Gasteiger partial charge >= 0.3 is 5.97 Å². The molecule has 0 unspecified atom stereocenters. The van der Waals surface area contributed by atoms with E-state index >= 15 is 0 Å². The molecular weight excluding hydrogens is 700 g/mol. The molecule has 0 bridgehead atoms. The van der Waals surface area contributed by atoms with E-state index in [2.05, 4.69) is 32.7 Å². The summed E-state index contributed by atoms with van der Waals surface area (Å²) in [6.07, 6.45) is 4.94. The Labute approximate surface area is 316 Å². The molecule has 0 radical (unpaired) electrons. The maximum Gasteiger partial charge on any atom is 0.338 e. The molecule has 3 heterocycles. The number of aromatic nitrogens is 1. The van der Waals surface area contributed by atoms with Gasteiger partial charge in [0.15, 0.2) is 22.7 Å². The molecule has 0 spiro atoms. The normalized spacial score (nSPS) is 12.4. The molecule has 0 fully saturated rings. The van der Waals surface area contributed by atoms with Crippen LogP contribution < -0.4 is 25.5 Å². The molecule has 2 N–H and O–H groups in total. The molecule has 1 aliphatic rings. The second-order valence-electron chi connectivity index (χ2n) is 13.0. The Morgan fingerprint density at radius 1 is 0.818 bits per heavy atom. The molecule has 55 heavy (non-hydrogen) atoms. The first-order valence-electron chi connectivity index (χ1n) is 17.7. The number of methoxy groups -OCH3 is 2. The summed E-state index contributed by atoms with van der Waals surface area (Å²) in [6, 6.07) is 27.1. The van der Waals surface area contributed by atoms with E-state index in [1.54, 1.807) is 63.0 Å². The van der Waals surface area contributed by atoms with E-state index in [-0.39, 0.29) is 34.8 Å². The van der Waals surface area contributed by atoms with Crippen molar-refractivity contribution in [2.75, 3.05) is 37.9 Å². The summed E-state index contributed by atoms with van der Waals surface area (Å²) < 4.78 is 22.1. The fraction of sp³-hybridized carbons (Fsp3) is 0.186. The number of carbonyl (C=O) groups excluding carboxylic acids is 3. The smallest absolute Gasteiger partial charge is 0.338 e. The Morgan fingerprint density at radius 3 is 2.36 bits per heavy atom. The van der Waals surface area contributed by atoms with Gasteiger partial charge in [-0.25, -0.2) is 4.79 Å². The molecule has 12 heteroatoms. The minimum atomic E-state index is -0.779. The van der Waals surface area contributed by atoms with Crippen molar-refractivity contribution in [1.29, 1.82) is 0 Å². The van der Waals surface area contributed by atoms with Crippen LogP contribution in [0.2, 0.25) is 0 Å². The van der Waals surface area contributed by atoms with Gasteiger partial charge in [-0.1, -0.05) is 30.3 Å². The molecule has 12 nitrogen and oxygen atoms in total. The molecule has 278 valence electrons. The van der Waals surface area contributed by atoms with Crippen molar-refractivity contribution < 1.29 is 33.0 Å². The number of rotatable bonds is 12. The van der Waals surface area contributed by atoms with Crippen LogP contribution in [0, 0.1) is 0 Å². The fourth-order valence-corrected chi connectivity index (χ4v) is 6.46. The van der Waals surface area contributed by atoms with Crippen LogP contribution in [0.15, 0.2) is 119 Å². The number of nitrogens with zero attached hydrogens (tertiary/aromatic N) is 2. The number of ether oxygens (including phenoxy) is 3. The Hall–Kier alpha value is -6.79. The van der Waals surface area contributed by atoms with Crippen LogP contribution in [0.3, 0.4) is 0 Å².